The Morgan fingerprint density at radius 3 is 2.22 bits per heavy atom. The largest absolute Gasteiger partial charge is 0.497 e. The number of nitrogens with zero attached hydrogens (tertiary/aromatic N) is 1. The van der Waals surface area contributed by atoms with Crippen molar-refractivity contribution in [2.45, 2.75) is 25.3 Å². The van der Waals surface area contributed by atoms with Gasteiger partial charge in [-0.2, -0.15) is 0 Å². The maximum absolute atomic E-state index is 12.7. The zero-order valence-electron chi connectivity index (χ0n) is 19.4. The van der Waals surface area contributed by atoms with Crippen LogP contribution in [-0.2, 0) is 4.79 Å². The van der Waals surface area contributed by atoms with Gasteiger partial charge in [-0.05, 0) is 37.6 Å². The molecule has 1 saturated heterocycles. The number of hydrogen-bond donors (Lipinski definition) is 1. The quantitative estimate of drug-likeness (QED) is 0.596. The highest BCUT2D eigenvalue weighted by Crippen LogP contribution is 2.40. The molecule has 1 amide bonds. The Bertz CT molecular complexity index is 908. The second kappa shape index (κ2) is 10.9. The zero-order valence-corrected chi connectivity index (χ0v) is 19.4. The molecule has 0 bridgehead atoms. The summed E-state index contributed by atoms with van der Waals surface area (Å²) in [5.74, 6) is 3.03. The molecule has 1 heterocycles. The molecule has 1 unspecified atom stereocenters. The van der Waals surface area contributed by atoms with E-state index in [1.54, 1.807) is 47.7 Å². The minimum absolute atomic E-state index is 0.0810. The highest BCUT2D eigenvalue weighted by Gasteiger charge is 2.29. The number of ether oxygens (including phenoxy) is 5. The van der Waals surface area contributed by atoms with Gasteiger partial charge >= 0.3 is 0 Å². The molecule has 1 atom stereocenters. The van der Waals surface area contributed by atoms with E-state index in [0.29, 0.717) is 35.9 Å². The van der Waals surface area contributed by atoms with E-state index in [0.717, 1.165) is 36.4 Å². The van der Waals surface area contributed by atoms with Crippen LogP contribution in [0.3, 0.4) is 0 Å². The number of likely N-dealkylation sites (tertiary alicyclic amines) is 1. The fourth-order valence-electron chi connectivity index (χ4n) is 4.17. The van der Waals surface area contributed by atoms with Gasteiger partial charge in [0, 0.05) is 42.4 Å². The minimum atomic E-state index is -0.0810. The molecule has 0 aromatic heterocycles. The second-order valence-electron chi connectivity index (χ2n) is 7.51. The van der Waals surface area contributed by atoms with E-state index in [1.807, 2.05) is 18.2 Å². The molecular weight excluding hydrogens is 412 g/mol. The number of benzene rings is 2. The smallest absolute Gasteiger partial charge is 0.225 e. The molecule has 0 saturated carbocycles. The molecule has 1 aliphatic heterocycles. The van der Waals surface area contributed by atoms with Crippen molar-refractivity contribution in [2.75, 3.05) is 54.0 Å². The SMILES string of the molecule is COc1ccc(OC)c(C2CCCN2CCC(=O)Nc2cc(OC)c(OC)c(OC)c2)c1. The summed E-state index contributed by atoms with van der Waals surface area (Å²) < 4.78 is 27.0. The molecule has 3 rings (SSSR count). The van der Waals surface area contributed by atoms with Gasteiger partial charge in [0.25, 0.3) is 0 Å². The van der Waals surface area contributed by atoms with Crippen molar-refractivity contribution in [2.24, 2.45) is 0 Å². The van der Waals surface area contributed by atoms with Crippen LogP contribution in [0.1, 0.15) is 30.9 Å². The standard InChI is InChI=1S/C24H32N2O6/c1-28-17-8-9-20(29-2)18(15-17)19-7-6-11-26(19)12-10-23(27)25-16-13-21(30-3)24(32-5)22(14-16)31-4/h8-9,13-15,19H,6-7,10-12H2,1-5H3,(H,25,27). The molecule has 2 aromatic rings. The van der Waals surface area contributed by atoms with Gasteiger partial charge in [-0.25, -0.2) is 0 Å². The first kappa shape index (κ1) is 23.5. The monoisotopic (exact) mass is 444 g/mol. The Balaban J connectivity index is 1.67. The van der Waals surface area contributed by atoms with Crippen molar-refractivity contribution in [3.63, 3.8) is 0 Å². The predicted molar refractivity (Wildman–Crippen MR) is 122 cm³/mol. The number of carbonyl (C=O) groups is 1. The van der Waals surface area contributed by atoms with E-state index in [2.05, 4.69) is 10.2 Å². The van der Waals surface area contributed by atoms with Crippen LogP contribution in [0.2, 0.25) is 0 Å². The van der Waals surface area contributed by atoms with Crippen molar-refractivity contribution in [3.8, 4) is 28.7 Å². The van der Waals surface area contributed by atoms with Crippen LogP contribution in [0.4, 0.5) is 5.69 Å². The van der Waals surface area contributed by atoms with E-state index < -0.39 is 0 Å². The Morgan fingerprint density at radius 1 is 0.938 bits per heavy atom. The molecule has 174 valence electrons. The van der Waals surface area contributed by atoms with Crippen LogP contribution in [0.25, 0.3) is 0 Å². The first-order chi connectivity index (χ1) is 15.5. The molecule has 0 spiro atoms. The van der Waals surface area contributed by atoms with Crippen molar-refractivity contribution < 1.29 is 28.5 Å². The van der Waals surface area contributed by atoms with Gasteiger partial charge in [-0.3, -0.25) is 9.69 Å². The Labute approximate surface area is 189 Å². The summed E-state index contributed by atoms with van der Waals surface area (Å²) >= 11 is 0. The summed E-state index contributed by atoms with van der Waals surface area (Å²) in [6, 6.07) is 9.48. The second-order valence-corrected chi connectivity index (χ2v) is 7.51. The summed E-state index contributed by atoms with van der Waals surface area (Å²) in [5, 5.41) is 2.94. The highest BCUT2D eigenvalue weighted by molar-refractivity contribution is 5.91. The molecule has 2 aromatic carbocycles. The van der Waals surface area contributed by atoms with Crippen LogP contribution >= 0.6 is 0 Å². The topological polar surface area (TPSA) is 78.5 Å². The summed E-state index contributed by atoms with van der Waals surface area (Å²) in [5.41, 5.74) is 1.69. The summed E-state index contributed by atoms with van der Waals surface area (Å²) in [6.45, 7) is 1.57. The lowest BCUT2D eigenvalue weighted by Crippen LogP contribution is -2.28. The Morgan fingerprint density at radius 2 is 1.62 bits per heavy atom. The third-order valence-electron chi connectivity index (χ3n) is 5.73. The fourth-order valence-corrected chi connectivity index (χ4v) is 4.17. The normalized spacial score (nSPS) is 15.8. The van der Waals surface area contributed by atoms with Gasteiger partial charge < -0.3 is 29.0 Å². The van der Waals surface area contributed by atoms with E-state index >= 15 is 0 Å². The Kier molecular flexibility index (Phi) is 8.05. The zero-order chi connectivity index (χ0) is 23.1. The first-order valence-electron chi connectivity index (χ1n) is 10.6. The third kappa shape index (κ3) is 5.19. The van der Waals surface area contributed by atoms with Crippen molar-refractivity contribution in [3.05, 3.63) is 35.9 Å². The molecule has 1 aliphatic rings. The van der Waals surface area contributed by atoms with Gasteiger partial charge in [0.15, 0.2) is 11.5 Å². The lowest BCUT2D eigenvalue weighted by Gasteiger charge is -2.26. The number of amides is 1. The van der Waals surface area contributed by atoms with Crippen molar-refractivity contribution >= 4 is 11.6 Å². The minimum Gasteiger partial charge on any atom is -0.497 e. The average Bonchev–Trinajstić information content (AvgIpc) is 3.30. The summed E-state index contributed by atoms with van der Waals surface area (Å²) in [6.07, 6.45) is 2.44. The molecule has 8 heteroatoms. The van der Waals surface area contributed by atoms with Crippen molar-refractivity contribution in [1.82, 2.24) is 4.90 Å². The van der Waals surface area contributed by atoms with Gasteiger partial charge in [-0.15, -0.1) is 0 Å². The van der Waals surface area contributed by atoms with E-state index in [-0.39, 0.29) is 11.9 Å². The van der Waals surface area contributed by atoms with E-state index in [1.165, 1.54) is 0 Å². The molecule has 1 fully saturated rings. The van der Waals surface area contributed by atoms with Crippen LogP contribution in [0, 0.1) is 0 Å². The Hall–Kier alpha value is -3.13. The highest BCUT2D eigenvalue weighted by atomic mass is 16.5. The van der Waals surface area contributed by atoms with Crippen LogP contribution in [0.15, 0.2) is 30.3 Å². The number of rotatable bonds is 10. The summed E-state index contributed by atoms with van der Waals surface area (Å²) in [4.78, 5) is 15.0. The molecular formula is C24H32N2O6. The molecule has 32 heavy (non-hydrogen) atoms. The van der Waals surface area contributed by atoms with Crippen LogP contribution < -0.4 is 29.0 Å². The van der Waals surface area contributed by atoms with Crippen molar-refractivity contribution in [1.29, 1.82) is 0 Å². The number of methoxy groups -OCH3 is 5. The molecule has 8 nitrogen and oxygen atoms in total. The number of nitrogens with one attached hydrogen (secondary N) is 1. The molecule has 0 aliphatic carbocycles. The van der Waals surface area contributed by atoms with Crippen LogP contribution in [-0.4, -0.2) is 59.4 Å². The first-order valence-corrected chi connectivity index (χ1v) is 10.6. The number of hydrogen-bond acceptors (Lipinski definition) is 7. The van der Waals surface area contributed by atoms with Gasteiger partial charge in [0.05, 0.1) is 35.5 Å². The van der Waals surface area contributed by atoms with E-state index in [9.17, 15) is 4.79 Å². The molecule has 0 radical (unpaired) electrons. The maximum Gasteiger partial charge on any atom is 0.225 e. The number of anilines is 1. The average molecular weight is 445 g/mol. The maximum atomic E-state index is 12.7. The predicted octanol–water partition coefficient (Wildman–Crippen LogP) is 3.90. The van der Waals surface area contributed by atoms with Gasteiger partial charge in [0.2, 0.25) is 11.7 Å². The molecule has 1 N–H and O–H groups in total. The third-order valence-corrected chi connectivity index (χ3v) is 5.73. The van der Waals surface area contributed by atoms with Crippen LogP contribution in [0.5, 0.6) is 28.7 Å². The van der Waals surface area contributed by atoms with Gasteiger partial charge in [-0.1, -0.05) is 0 Å². The summed E-state index contributed by atoms with van der Waals surface area (Å²) in [7, 11) is 7.97. The fraction of sp³-hybridized carbons (Fsp3) is 0.458. The van der Waals surface area contributed by atoms with E-state index in [4.69, 9.17) is 23.7 Å². The lowest BCUT2D eigenvalue weighted by molar-refractivity contribution is -0.116. The van der Waals surface area contributed by atoms with Gasteiger partial charge in [0.1, 0.15) is 11.5 Å². The lowest BCUT2D eigenvalue weighted by atomic mass is 10.0. The number of carbonyl (C=O) groups excluding carboxylic acids is 1.